The molecule has 0 aliphatic heterocycles. The van der Waals surface area contributed by atoms with Crippen LogP contribution in [-0.4, -0.2) is 49.3 Å². The third kappa shape index (κ3) is 15.1. The van der Waals surface area contributed by atoms with Gasteiger partial charge < -0.3 is 26.3 Å². The molecular weight excluding hydrogens is 224 g/mol. The van der Waals surface area contributed by atoms with Crippen molar-refractivity contribution in [2.75, 3.05) is 32.8 Å². The van der Waals surface area contributed by atoms with Crippen molar-refractivity contribution in [3.05, 3.63) is 0 Å². The average Bonchev–Trinajstić information content (AvgIpc) is 2.30. The molecule has 0 fully saturated rings. The van der Waals surface area contributed by atoms with Gasteiger partial charge in [-0.2, -0.15) is 0 Å². The first kappa shape index (κ1) is 16.1. The molecule has 6 N–H and O–H groups in total. The molecule has 0 aromatic heterocycles. The first-order valence-corrected chi connectivity index (χ1v) is 6.02. The number of unbranched alkanes of at least 4 members (excludes halogenated alkanes) is 3. The van der Waals surface area contributed by atoms with Gasteiger partial charge in [-0.25, -0.2) is 10.3 Å². The van der Waals surface area contributed by atoms with E-state index in [1.807, 2.05) is 0 Å². The molecular formula is C10H24N4O3. The minimum absolute atomic E-state index is 0.540. The van der Waals surface area contributed by atoms with Gasteiger partial charge in [0.1, 0.15) is 0 Å². The van der Waals surface area contributed by atoms with Crippen molar-refractivity contribution in [2.24, 2.45) is 0 Å². The van der Waals surface area contributed by atoms with Crippen LogP contribution >= 0.6 is 0 Å². The van der Waals surface area contributed by atoms with Gasteiger partial charge in [0.25, 0.3) is 0 Å². The van der Waals surface area contributed by atoms with Crippen LogP contribution in [0.15, 0.2) is 0 Å². The molecule has 0 bridgehead atoms. The Hall–Kier alpha value is -0.890. The summed E-state index contributed by atoms with van der Waals surface area (Å²) >= 11 is 0. The zero-order valence-electron chi connectivity index (χ0n) is 10.2. The normalized spacial score (nSPS) is 10.4. The van der Waals surface area contributed by atoms with Gasteiger partial charge in [0.2, 0.25) is 0 Å². The molecule has 0 aliphatic carbocycles. The lowest BCUT2D eigenvalue weighted by Crippen LogP contribution is -2.33. The van der Waals surface area contributed by atoms with Crippen molar-refractivity contribution in [2.45, 2.75) is 25.7 Å². The summed E-state index contributed by atoms with van der Waals surface area (Å²) in [6.45, 7) is 3.50. The van der Waals surface area contributed by atoms with Crippen LogP contribution in [0.1, 0.15) is 25.7 Å². The highest BCUT2D eigenvalue weighted by molar-refractivity contribution is 5.64. The first-order valence-electron chi connectivity index (χ1n) is 6.02. The molecule has 0 unspecified atom stereocenters. The molecule has 0 atom stereocenters. The monoisotopic (exact) mass is 248 g/mol. The maximum Gasteiger partial charge on any atom is 0.404 e. The zero-order chi connectivity index (χ0) is 12.8. The van der Waals surface area contributed by atoms with E-state index in [1.54, 1.807) is 0 Å². The van der Waals surface area contributed by atoms with Gasteiger partial charge in [0, 0.05) is 26.3 Å². The van der Waals surface area contributed by atoms with Crippen LogP contribution in [0.3, 0.4) is 0 Å². The maximum atomic E-state index is 10.1. The van der Waals surface area contributed by atoms with Crippen LogP contribution in [0.2, 0.25) is 0 Å². The van der Waals surface area contributed by atoms with Gasteiger partial charge in [-0.15, -0.1) is 0 Å². The fourth-order valence-corrected chi connectivity index (χ4v) is 1.33. The Bertz CT molecular complexity index is 181. The van der Waals surface area contributed by atoms with Crippen molar-refractivity contribution in [1.82, 2.24) is 21.4 Å². The SMILES string of the molecule is O=C(O)NCCCCCCNCNCCNO. The molecule has 0 rings (SSSR count). The topological polar surface area (TPSA) is 106 Å². The molecule has 102 valence electrons. The standard InChI is InChI=1S/C10H24N4O3/c15-10(16)13-6-4-2-1-3-5-11-9-12-7-8-14-17/h11-14,17H,1-9H2,(H,15,16). The molecule has 0 radical (unpaired) electrons. The largest absolute Gasteiger partial charge is 0.465 e. The van der Waals surface area contributed by atoms with Gasteiger partial charge in [0.15, 0.2) is 0 Å². The van der Waals surface area contributed by atoms with Gasteiger partial charge in [-0.3, -0.25) is 0 Å². The Labute approximate surface area is 102 Å². The lowest BCUT2D eigenvalue weighted by atomic mass is 10.2. The second-order valence-corrected chi connectivity index (χ2v) is 3.73. The molecule has 7 nitrogen and oxygen atoms in total. The van der Waals surface area contributed by atoms with Gasteiger partial charge >= 0.3 is 6.09 Å². The summed E-state index contributed by atoms with van der Waals surface area (Å²) in [5.41, 5.74) is 2.07. The number of carbonyl (C=O) groups is 1. The Kier molecular flexibility index (Phi) is 12.5. The number of amides is 1. The number of hydrogen-bond acceptors (Lipinski definition) is 5. The third-order valence-corrected chi connectivity index (χ3v) is 2.22. The van der Waals surface area contributed by atoms with Crippen molar-refractivity contribution in [1.29, 1.82) is 0 Å². The van der Waals surface area contributed by atoms with E-state index in [0.717, 1.165) is 45.4 Å². The fraction of sp³-hybridized carbons (Fsp3) is 0.900. The summed E-state index contributed by atoms with van der Waals surface area (Å²) in [5, 5.41) is 25.3. The Morgan fingerprint density at radius 3 is 2.18 bits per heavy atom. The van der Waals surface area contributed by atoms with E-state index in [2.05, 4.69) is 21.4 Å². The van der Waals surface area contributed by atoms with Crippen LogP contribution in [-0.2, 0) is 0 Å². The summed E-state index contributed by atoms with van der Waals surface area (Å²) in [6.07, 6.45) is 3.19. The lowest BCUT2D eigenvalue weighted by molar-refractivity contribution is 0.167. The van der Waals surface area contributed by atoms with E-state index in [0.29, 0.717) is 13.1 Å². The Balaban J connectivity index is 2.91. The van der Waals surface area contributed by atoms with Crippen molar-refractivity contribution < 1.29 is 15.1 Å². The summed E-state index contributed by atoms with van der Waals surface area (Å²) < 4.78 is 0. The van der Waals surface area contributed by atoms with Gasteiger partial charge in [-0.05, 0) is 19.4 Å². The summed E-state index contributed by atoms with van der Waals surface area (Å²) in [7, 11) is 0. The highest BCUT2D eigenvalue weighted by Gasteiger charge is 1.93. The minimum Gasteiger partial charge on any atom is -0.465 e. The van der Waals surface area contributed by atoms with Crippen LogP contribution in [0.25, 0.3) is 0 Å². The third-order valence-electron chi connectivity index (χ3n) is 2.22. The van der Waals surface area contributed by atoms with Crippen LogP contribution in [0, 0.1) is 0 Å². The second-order valence-electron chi connectivity index (χ2n) is 3.73. The fourth-order valence-electron chi connectivity index (χ4n) is 1.33. The average molecular weight is 248 g/mol. The molecule has 0 spiro atoms. The number of rotatable bonds is 12. The van der Waals surface area contributed by atoms with Crippen molar-refractivity contribution in [3.8, 4) is 0 Å². The van der Waals surface area contributed by atoms with E-state index in [-0.39, 0.29) is 0 Å². The summed E-state index contributed by atoms with van der Waals surface area (Å²) in [6, 6.07) is 0. The quantitative estimate of drug-likeness (QED) is 0.164. The van der Waals surface area contributed by atoms with E-state index in [1.165, 1.54) is 0 Å². The number of hydroxylamine groups is 1. The number of hydrogen-bond donors (Lipinski definition) is 6. The smallest absolute Gasteiger partial charge is 0.404 e. The highest BCUT2D eigenvalue weighted by atomic mass is 16.5. The van der Waals surface area contributed by atoms with Crippen LogP contribution in [0.5, 0.6) is 0 Å². The lowest BCUT2D eigenvalue weighted by Gasteiger charge is -2.06. The van der Waals surface area contributed by atoms with E-state index in [4.69, 9.17) is 10.3 Å². The van der Waals surface area contributed by atoms with Crippen LogP contribution in [0.4, 0.5) is 4.79 Å². The first-order chi connectivity index (χ1) is 8.27. The molecule has 0 heterocycles. The van der Waals surface area contributed by atoms with Gasteiger partial charge in [0.05, 0.1) is 0 Å². The molecule has 7 heteroatoms. The van der Waals surface area contributed by atoms with E-state index < -0.39 is 6.09 Å². The van der Waals surface area contributed by atoms with E-state index in [9.17, 15) is 4.79 Å². The molecule has 0 saturated carbocycles. The molecule has 0 saturated heterocycles. The minimum atomic E-state index is -0.949. The second kappa shape index (κ2) is 13.2. The molecule has 0 aliphatic rings. The Morgan fingerprint density at radius 1 is 0.882 bits per heavy atom. The molecule has 17 heavy (non-hydrogen) atoms. The van der Waals surface area contributed by atoms with Crippen molar-refractivity contribution in [3.63, 3.8) is 0 Å². The highest BCUT2D eigenvalue weighted by Crippen LogP contribution is 1.97. The van der Waals surface area contributed by atoms with Gasteiger partial charge in [-0.1, -0.05) is 12.8 Å². The van der Waals surface area contributed by atoms with Crippen LogP contribution < -0.4 is 21.4 Å². The van der Waals surface area contributed by atoms with E-state index >= 15 is 0 Å². The number of carboxylic acid groups (broad SMARTS) is 1. The zero-order valence-corrected chi connectivity index (χ0v) is 10.2. The summed E-state index contributed by atoms with van der Waals surface area (Å²) in [4.78, 5) is 10.1. The maximum absolute atomic E-state index is 10.1. The van der Waals surface area contributed by atoms with Crippen molar-refractivity contribution >= 4 is 6.09 Å². The molecule has 1 amide bonds. The Morgan fingerprint density at radius 2 is 1.53 bits per heavy atom. The number of nitrogens with one attached hydrogen (secondary N) is 4. The predicted molar refractivity (Wildman–Crippen MR) is 65.2 cm³/mol. The molecule has 0 aromatic carbocycles. The summed E-state index contributed by atoms with van der Waals surface area (Å²) in [5.74, 6) is 0. The predicted octanol–water partition coefficient (Wildman–Crippen LogP) is -0.0701. The molecule has 0 aromatic rings.